The summed E-state index contributed by atoms with van der Waals surface area (Å²) in [5.41, 5.74) is 2.62. The van der Waals surface area contributed by atoms with Crippen LogP contribution in [0.4, 0.5) is 0 Å². The first-order valence-electron chi connectivity index (χ1n) is 12.4. The van der Waals surface area contributed by atoms with Crippen molar-refractivity contribution in [3.8, 4) is 0 Å². The predicted octanol–water partition coefficient (Wildman–Crippen LogP) is 3.99. The molecule has 1 aromatic carbocycles. The van der Waals surface area contributed by atoms with E-state index in [2.05, 4.69) is 32.3 Å². The first kappa shape index (κ1) is 23.4. The Hall–Kier alpha value is -3.30. The average Bonchev–Trinajstić information content (AvgIpc) is 3.63. The second-order valence-electron chi connectivity index (χ2n) is 9.31. The van der Waals surface area contributed by atoms with Crippen molar-refractivity contribution >= 4 is 10.9 Å². The summed E-state index contributed by atoms with van der Waals surface area (Å²) >= 11 is 0. The van der Waals surface area contributed by atoms with Gasteiger partial charge in [0.1, 0.15) is 12.3 Å². The summed E-state index contributed by atoms with van der Waals surface area (Å²) in [7, 11) is 0. The third-order valence-corrected chi connectivity index (χ3v) is 6.75. The molecule has 1 N–H and O–H groups in total. The predicted molar refractivity (Wildman–Crippen MR) is 132 cm³/mol. The number of pyridine rings is 1. The number of para-hydroxylation sites is 1. The van der Waals surface area contributed by atoms with Crippen molar-refractivity contribution in [1.82, 2.24) is 30.1 Å². The van der Waals surface area contributed by atoms with Crippen LogP contribution in [0.1, 0.15) is 61.4 Å². The molecule has 0 radical (unpaired) electrons. The molecule has 4 aromatic rings. The number of benzene rings is 1. The van der Waals surface area contributed by atoms with Crippen LogP contribution >= 0.6 is 0 Å². The van der Waals surface area contributed by atoms with Gasteiger partial charge in [0.05, 0.1) is 23.9 Å². The van der Waals surface area contributed by atoms with E-state index in [-0.39, 0.29) is 17.7 Å². The van der Waals surface area contributed by atoms with Gasteiger partial charge in [-0.1, -0.05) is 31.5 Å². The minimum atomic E-state index is -0.0678. The molecule has 0 amide bonds. The van der Waals surface area contributed by atoms with Crippen molar-refractivity contribution in [2.45, 2.75) is 64.8 Å². The summed E-state index contributed by atoms with van der Waals surface area (Å²) in [6.45, 7) is 6.60. The molecule has 1 aliphatic rings. The molecule has 1 aliphatic heterocycles. The van der Waals surface area contributed by atoms with E-state index in [9.17, 15) is 4.79 Å². The number of hydrogen-bond acceptors (Lipinski definition) is 7. The van der Waals surface area contributed by atoms with Crippen LogP contribution in [0.3, 0.4) is 0 Å². The van der Waals surface area contributed by atoms with Gasteiger partial charge in [0, 0.05) is 25.3 Å². The van der Waals surface area contributed by atoms with Crippen LogP contribution in [0.5, 0.6) is 0 Å². The molecule has 0 unspecified atom stereocenters. The molecule has 1 saturated heterocycles. The Morgan fingerprint density at radius 2 is 2.20 bits per heavy atom. The number of rotatable bonds is 10. The van der Waals surface area contributed by atoms with Gasteiger partial charge in [0.15, 0.2) is 5.82 Å². The molecule has 0 aliphatic carbocycles. The van der Waals surface area contributed by atoms with Crippen LogP contribution in [0.25, 0.3) is 10.9 Å². The largest absolute Gasteiger partial charge is 0.467 e. The standard InChI is InChI=1S/C26H32N6O3/c1-3-7-23(25-28-29-30-32(25)17-22-11-6-13-35-22)31(16-21-10-5-12-34-21)15-20-14-19-9-4-8-18(2)24(19)27-26(20)33/h4,6,8-9,11,13-14,21,23H,3,5,7,10,12,15-17H2,1-2H3,(H,27,33)/t21-,23+/m0/s1. The number of aromatic nitrogens is 5. The normalized spacial score (nSPS) is 16.9. The lowest BCUT2D eigenvalue weighted by atomic mass is 10.0. The van der Waals surface area contributed by atoms with Crippen LogP contribution in [-0.4, -0.2) is 49.3 Å². The zero-order valence-electron chi connectivity index (χ0n) is 20.3. The fraction of sp³-hybridized carbons (Fsp3) is 0.462. The van der Waals surface area contributed by atoms with Gasteiger partial charge in [-0.2, -0.15) is 0 Å². The van der Waals surface area contributed by atoms with E-state index in [4.69, 9.17) is 9.15 Å². The van der Waals surface area contributed by atoms with Crippen LogP contribution in [-0.2, 0) is 17.8 Å². The Kier molecular flexibility index (Phi) is 7.06. The van der Waals surface area contributed by atoms with Crippen molar-refractivity contribution in [2.75, 3.05) is 13.2 Å². The summed E-state index contributed by atoms with van der Waals surface area (Å²) in [6, 6.07) is 11.8. The maximum atomic E-state index is 13.1. The molecule has 0 bridgehead atoms. The van der Waals surface area contributed by atoms with Gasteiger partial charge < -0.3 is 14.1 Å². The maximum absolute atomic E-state index is 13.1. The highest BCUT2D eigenvalue weighted by Gasteiger charge is 2.30. The Balaban J connectivity index is 1.50. The first-order chi connectivity index (χ1) is 17.1. The second-order valence-corrected chi connectivity index (χ2v) is 9.31. The van der Waals surface area contributed by atoms with Gasteiger partial charge in [-0.15, -0.1) is 5.10 Å². The quantitative estimate of drug-likeness (QED) is 0.369. The van der Waals surface area contributed by atoms with E-state index in [1.807, 2.05) is 43.3 Å². The number of hydrogen-bond donors (Lipinski definition) is 1. The third-order valence-electron chi connectivity index (χ3n) is 6.75. The highest BCUT2D eigenvalue weighted by atomic mass is 16.5. The number of furan rings is 1. The molecule has 35 heavy (non-hydrogen) atoms. The van der Waals surface area contributed by atoms with E-state index >= 15 is 0 Å². The molecule has 9 heteroatoms. The summed E-state index contributed by atoms with van der Waals surface area (Å²) in [5.74, 6) is 1.56. The van der Waals surface area contributed by atoms with E-state index in [1.165, 1.54) is 0 Å². The van der Waals surface area contributed by atoms with Gasteiger partial charge >= 0.3 is 0 Å². The number of fused-ring (bicyclic) bond motifs is 1. The zero-order valence-corrected chi connectivity index (χ0v) is 20.3. The zero-order chi connectivity index (χ0) is 24.2. The van der Waals surface area contributed by atoms with Crippen molar-refractivity contribution in [3.05, 3.63) is 75.7 Å². The monoisotopic (exact) mass is 476 g/mol. The molecular formula is C26H32N6O3. The van der Waals surface area contributed by atoms with Crippen LogP contribution in [0, 0.1) is 6.92 Å². The minimum Gasteiger partial charge on any atom is -0.467 e. The van der Waals surface area contributed by atoms with Gasteiger partial charge in [0.2, 0.25) is 0 Å². The van der Waals surface area contributed by atoms with Gasteiger partial charge in [-0.3, -0.25) is 9.69 Å². The average molecular weight is 477 g/mol. The number of nitrogens with zero attached hydrogens (tertiary/aromatic N) is 5. The molecule has 184 valence electrons. The lowest BCUT2D eigenvalue weighted by Gasteiger charge is -2.32. The lowest BCUT2D eigenvalue weighted by molar-refractivity contribution is 0.0476. The molecule has 2 atom stereocenters. The van der Waals surface area contributed by atoms with E-state index in [0.29, 0.717) is 19.6 Å². The van der Waals surface area contributed by atoms with Crippen molar-refractivity contribution in [2.24, 2.45) is 0 Å². The third kappa shape index (κ3) is 5.21. The van der Waals surface area contributed by atoms with Crippen LogP contribution in [0.2, 0.25) is 0 Å². The smallest absolute Gasteiger partial charge is 0.252 e. The van der Waals surface area contributed by atoms with Gasteiger partial charge in [-0.25, -0.2) is 4.68 Å². The molecule has 5 rings (SSSR count). The molecule has 0 saturated carbocycles. The van der Waals surface area contributed by atoms with Crippen LogP contribution < -0.4 is 5.56 Å². The van der Waals surface area contributed by atoms with Crippen molar-refractivity contribution < 1.29 is 9.15 Å². The minimum absolute atomic E-state index is 0.0606. The maximum Gasteiger partial charge on any atom is 0.252 e. The molecule has 3 aromatic heterocycles. The van der Waals surface area contributed by atoms with Crippen molar-refractivity contribution in [1.29, 1.82) is 0 Å². The number of nitrogens with one attached hydrogen (secondary N) is 1. The van der Waals surface area contributed by atoms with Crippen LogP contribution in [0.15, 0.2) is 51.9 Å². The summed E-state index contributed by atoms with van der Waals surface area (Å²) < 4.78 is 13.3. The summed E-state index contributed by atoms with van der Waals surface area (Å²) in [6.07, 6.45) is 5.66. The fourth-order valence-electron chi connectivity index (χ4n) is 4.98. The lowest BCUT2D eigenvalue weighted by Crippen LogP contribution is -2.38. The molecule has 1 fully saturated rings. The van der Waals surface area contributed by atoms with E-state index < -0.39 is 0 Å². The number of tetrazole rings is 1. The Bertz CT molecular complexity index is 1310. The first-order valence-corrected chi connectivity index (χ1v) is 12.4. The fourth-order valence-corrected chi connectivity index (χ4v) is 4.98. The summed E-state index contributed by atoms with van der Waals surface area (Å²) in [4.78, 5) is 18.5. The molecule has 4 heterocycles. The highest BCUT2D eigenvalue weighted by molar-refractivity contribution is 5.81. The topological polar surface area (TPSA) is 102 Å². The number of aromatic amines is 1. The second kappa shape index (κ2) is 10.5. The van der Waals surface area contributed by atoms with Crippen molar-refractivity contribution in [3.63, 3.8) is 0 Å². The number of ether oxygens (including phenoxy) is 1. The molecule has 9 nitrogen and oxygen atoms in total. The van der Waals surface area contributed by atoms with E-state index in [0.717, 1.165) is 65.9 Å². The number of aryl methyl sites for hydroxylation is 1. The Labute approximate surface area is 204 Å². The summed E-state index contributed by atoms with van der Waals surface area (Å²) in [5, 5.41) is 13.7. The van der Waals surface area contributed by atoms with Gasteiger partial charge in [0.25, 0.3) is 5.56 Å². The Morgan fingerprint density at radius 1 is 1.29 bits per heavy atom. The molecule has 0 spiro atoms. The molecular weight excluding hydrogens is 444 g/mol. The Morgan fingerprint density at radius 3 is 2.97 bits per heavy atom. The van der Waals surface area contributed by atoms with Gasteiger partial charge in [-0.05, 0) is 65.8 Å². The number of H-pyrrole nitrogens is 1. The van der Waals surface area contributed by atoms with E-state index in [1.54, 1.807) is 10.9 Å². The SMILES string of the molecule is CCC[C@H](c1nnnn1Cc1ccco1)N(Cc1cc2cccc(C)c2[nH]c1=O)C[C@@H]1CCCO1. The highest BCUT2D eigenvalue weighted by Crippen LogP contribution is 2.28.